The van der Waals surface area contributed by atoms with Crippen LogP contribution in [0.2, 0.25) is 5.02 Å². The summed E-state index contributed by atoms with van der Waals surface area (Å²) in [6.07, 6.45) is 0.704. The van der Waals surface area contributed by atoms with E-state index < -0.39 is 18.2 Å². The summed E-state index contributed by atoms with van der Waals surface area (Å²) in [4.78, 5) is 27.0. The highest BCUT2D eigenvalue weighted by atomic mass is 35.5. The van der Waals surface area contributed by atoms with Crippen LogP contribution in [-0.4, -0.2) is 50.3 Å². The highest BCUT2D eigenvalue weighted by molar-refractivity contribution is 6.30. The molecule has 2 aromatic rings. The molecule has 8 heteroatoms. The fraction of sp³-hybridized carbons (Fsp3) is 0.312. The lowest BCUT2D eigenvalue weighted by Crippen LogP contribution is -2.34. The minimum Gasteiger partial charge on any atom is -0.309 e. The maximum absolute atomic E-state index is 13.4. The van der Waals surface area contributed by atoms with Gasteiger partial charge in [-0.05, 0) is 24.3 Å². The SMILES string of the molecule is O=C1[C@@H]2C[C@@H](F)CN2C(=O)N1Cc1ccn(-c2cccc(Cl)c2)n1. The van der Waals surface area contributed by atoms with Crippen LogP contribution in [0.15, 0.2) is 36.5 Å². The van der Waals surface area contributed by atoms with Crippen LogP contribution >= 0.6 is 11.6 Å². The quantitative estimate of drug-likeness (QED) is 0.800. The Balaban J connectivity index is 1.53. The van der Waals surface area contributed by atoms with Crippen molar-refractivity contribution in [3.63, 3.8) is 0 Å². The first-order valence-electron chi connectivity index (χ1n) is 7.59. The molecule has 2 fully saturated rings. The molecule has 1 aromatic heterocycles. The number of hydrogen-bond donors (Lipinski definition) is 0. The number of hydrogen-bond acceptors (Lipinski definition) is 3. The van der Waals surface area contributed by atoms with Crippen molar-refractivity contribution in [1.29, 1.82) is 0 Å². The molecule has 3 heterocycles. The fourth-order valence-corrected chi connectivity index (χ4v) is 3.36. The number of alkyl halides is 1. The van der Waals surface area contributed by atoms with E-state index in [2.05, 4.69) is 5.10 Å². The Morgan fingerprint density at radius 3 is 2.88 bits per heavy atom. The average Bonchev–Trinajstić information content (AvgIpc) is 3.22. The maximum Gasteiger partial charge on any atom is 0.327 e. The summed E-state index contributed by atoms with van der Waals surface area (Å²) in [6.45, 7) is 0.0673. The van der Waals surface area contributed by atoms with E-state index in [9.17, 15) is 14.0 Å². The van der Waals surface area contributed by atoms with Crippen LogP contribution in [0.1, 0.15) is 12.1 Å². The molecule has 0 saturated carbocycles. The lowest BCUT2D eigenvalue weighted by atomic mass is 10.2. The van der Waals surface area contributed by atoms with E-state index >= 15 is 0 Å². The molecule has 3 amide bonds. The molecule has 6 nitrogen and oxygen atoms in total. The van der Waals surface area contributed by atoms with E-state index in [1.165, 1.54) is 4.90 Å². The van der Waals surface area contributed by atoms with Gasteiger partial charge < -0.3 is 4.90 Å². The Labute approximate surface area is 142 Å². The second-order valence-electron chi connectivity index (χ2n) is 5.94. The minimum absolute atomic E-state index is 0.0112. The molecule has 2 aliphatic rings. The van der Waals surface area contributed by atoms with Gasteiger partial charge in [0.15, 0.2) is 0 Å². The van der Waals surface area contributed by atoms with Gasteiger partial charge in [0.1, 0.15) is 12.2 Å². The number of rotatable bonds is 3. The summed E-state index contributed by atoms with van der Waals surface area (Å²) < 4.78 is 15.0. The number of halogens is 2. The topological polar surface area (TPSA) is 58.4 Å². The van der Waals surface area contributed by atoms with Crippen LogP contribution in [0, 0.1) is 0 Å². The second kappa shape index (κ2) is 5.59. The highest BCUT2D eigenvalue weighted by Crippen LogP contribution is 2.30. The van der Waals surface area contributed by atoms with Crippen molar-refractivity contribution in [2.75, 3.05) is 6.54 Å². The van der Waals surface area contributed by atoms with E-state index in [1.54, 1.807) is 29.1 Å². The van der Waals surface area contributed by atoms with Gasteiger partial charge in [0.25, 0.3) is 5.91 Å². The number of benzene rings is 1. The fourth-order valence-electron chi connectivity index (χ4n) is 3.18. The van der Waals surface area contributed by atoms with Gasteiger partial charge in [-0.3, -0.25) is 9.69 Å². The number of fused-ring (bicyclic) bond motifs is 1. The van der Waals surface area contributed by atoms with Gasteiger partial charge in [-0.15, -0.1) is 0 Å². The molecule has 2 atom stereocenters. The van der Waals surface area contributed by atoms with Gasteiger partial charge in [-0.25, -0.2) is 13.9 Å². The number of carbonyl (C=O) groups is 2. The van der Waals surface area contributed by atoms with Crippen molar-refractivity contribution in [1.82, 2.24) is 19.6 Å². The predicted octanol–water partition coefficient (Wildman–Crippen LogP) is 2.40. The molecule has 0 aliphatic carbocycles. The van der Waals surface area contributed by atoms with Crippen molar-refractivity contribution in [2.24, 2.45) is 0 Å². The van der Waals surface area contributed by atoms with Crippen molar-refractivity contribution >= 4 is 23.5 Å². The molecule has 0 bridgehead atoms. The maximum atomic E-state index is 13.4. The molecule has 0 spiro atoms. The summed E-state index contributed by atoms with van der Waals surface area (Å²) in [7, 11) is 0. The van der Waals surface area contributed by atoms with Gasteiger partial charge in [-0.1, -0.05) is 17.7 Å². The van der Waals surface area contributed by atoms with Crippen LogP contribution in [0.3, 0.4) is 0 Å². The van der Waals surface area contributed by atoms with Crippen molar-refractivity contribution in [2.45, 2.75) is 25.2 Å². The third-order valence-corrected chi connectivity index (χ3v) is 4.55. The monoisotopic (exact) mass is 348 g/mol. The van der Waals surface area contributed by atoms with Crippen LogP contribution in [-0.2, 0) is 11.3 Å². The van der Waals surface area contributed by atoms with Gasteiger partial charge in [-0.2, -0.15) is 5.10 Å². The summed E-state index contributed by atoms with van der Waals surface area (Å²) in [5, 5.41) is 4.98. The van der Waals surface area contributed by atoms with Crippen LogP contribution in [0.5, 0.6) is 0 Å². The summed E-state index contributed by atoms with van der Waals surface area (Å²) >= 11 is 5.97. The van der Waals surface area contributed by atoms with E-state index in [4.69, 9.17) is 11.6 Å². The average molecular weight is 349 g/mol. The van der Waals surface area contributed by atoms with Crippen molar-refractivity contribution in [3.05, 3.63) is 47.2 Å². The predicted molar refractivity (Wildman–Crippen MR) is 84.5 cm³/mol. The standard InChI is InChI=1S/C16H14ClFN4O2/c17-10-2-1-3-13(6-10)22-5-4-12(19-22)9-21-15(23)14-7-11(18)8-20(14)16(21)24/h1-6,11,14H,7-9H2/t11-,14+/m1/s1. The molecule has 2 saturated heterocycles. The van der Waals surface area contributed by atoms with Crippen LogP contribution in [0.4, 0.5) is 9.18 Å². The van der Waals surface area contributed by atoms with E-state index in [-0.39, 0.29) is 25.4 Å². The molecule has 124 valence electrons. The zero-order valence-electron chi connectivity index (χ0n) is 12.6. The Morgan fingerprint density at radius 2 is 2.12 bits per heavy atom. The number of amides is 3. The lowest BCUT2D eigenvalue weighted by molar-refractivity contribution is -0.128. The largest absolute Gasteiger partial charge is 0.327 e. The van der Waals surface area contributed by atoms with Gasteiger partial charge >= 0.3 is 6.03 Å². The molecule has 24 heavy (non-hydrogen) atoms. The zero-order valence-corrected chi connectivity index (χ0v) is 13.4. The Kier molecular flexibility index (Phi) is 3.53. The highest BCUT2D eigenvalue weighted by Gasteiger charge is 2.50. The third kappa shape index (κ3) is 2.45. The van der Waals surface area contributed by atoms with Gasteiger partial charge in [0.05, 0.1) is 24.5 Å². The Bertz CT molecular complexity index is 800. The molecule has 1 aromatic carbocycles. The number of carbonyl (C=O) groups excluding carboxylic acids is 2. The molecular formula is C16H14ClFN4O2. The van der Waals surface area contributed by atoms with E-state index in [0.29, 0.717) is 10.7 Å². The number of imide groups is 1. The molecule has 0 radical (unpaired) electrons. The number of nitrogens with zero attached hydrogens (tertiary/aromatic N) is 4. The van der Waals surface area contributed by atoms with Crippen molar-refractivity contribution in [3.8, 4) is 5.69 Å². The Hall–Kier alpha value is -2.41. The van der Waals surface area contributed by atoms with Gasteiger partial charge in [0, 0.05) is 17.6 Å². The van der Waals surface area contributed by atoms with Crippen LogP contribution < -0.4 is 0 Å². The van der Waals surface area contributed by atoms with E-state index in [1.807, 2.05) is 12.1 Å². The summed E-state index contributed by atoms with van der Waals surface area (Å²) in [5.74, 6) is -0.350. The van der Waals surface area contributed by atoms with Crippen LogP contribution in [0.25, 0.3) is 5.69 Å². The number of aromatic nitrogens is 2. The molecule has 2 aliphatic heterocycles. The first-order chi connectivity index (χ1) is 11.5. The van der Waals surface area contributed by atoms with Gasteiger partial charge in [0.2, 0.25) is 0 Å². The lowest BCUT2D eigenvalue weighted by Gasteiger charge is -2.14. The number of urea groups is 1. The Morgan fingerprint density at radius 1 is 1.29 bits per heavy atom. The normalized spacial score (nSPS) is 23.2. The molecule has 4 rings (SSSR count). The molecular weight excluding hydrogens is 335 g/mol. The van der Waals surface area contributed by atoms with Crippen molar-refractivity contribution < 1.29 is 14.0 Å². The smallest absolute Gasteiger partial charge is 0.309 e. The second-order valence-corrected chi connectivity index (χ2v) is 6.38. The first-order valence-corrected chi connectivity index (χ1v) is 7.97. The summed E-state index contributed by atoms with van der Waals surface area (Å²) in [5.41, 5.74) is 1.36. The first kappa shape index (κ1) is 15.1. The minimum atomic E-state index is -1.12. The third-order valence-electron chi connectivity index (χ3n) is 4.31. The summed E-state index contributed by atoms with van der Waals surface area (Å²) in [6, 6.07) is 7.83. The van der Waals surface area contributed by atoms with E-state index in [0.717, 1.165) is 10.6 Å². The molecule has 0 unspecified atom stereocenters. The molecule has 0 N–H and O–H groups in total. The zero-order chi connectivity index (χ0) is 16.8.